The highest BCUT2D eigenvalue weighted by atomic mass is 19.1. The fourth-order valence-corrected chi connectivity index (χ4v) is 5.24. The number of aromatic nitrogens is 3. The zero-order chi connectivity index (χ0) is 27.8. The van der Waals surface area contributed by atoms with E-state index in [2.05, 4.69) is 20.8 Å². The molecule has 3 aromatic rings. The third kappa shape index (κ3) is 4.90. The van der Waals surface area contributed by atoms with E-state index in [1.54, 1.807) is 48.3 Å². The van der Waals surface area contributed by atoms with E-state index in [-0.39, 0.29) is 25.1 Å². The zero-order valence-electron chi connectivity index (χ0n) is 21.0. The number of likely N-dealkylation sites (tertiary alicyclic amines) is 1. The van der Waals surface area contributed by atoms with Gasteiger partial charge in [0.15, 0.2) is 0 Å². The van der Waals surface area contributed by atoms with Crippen LogP contribution >= 0.6 is 0 Å². The maximum absolute atomic E-state index is 14.5. The number of carbonyl (C=O) groups is 4. The van der Waals surface area contributed by atoms with Crippen molar-refractivity contribution in [2.24, 2.45) is 17.4 Å². The first kappa shape index (κ1) is 25.8. The lowest BCUT2D eigenvalue weighted by Crippen LogP contribution is -2.55. The Labute approximate surface area is 222 Å². The standard InChI is InChI=1S/C26H27FN8O4/c1-13-8-30-25(22(13)24(29)38)33-26(39)20-7-16(27)10-35(20)21(36)12-34-11-18(23(28)37)17-6-14(2-3-19(17)34)15-4-5-31-32-9-15/h2-6,8-9,11,16,20,22,25,30H,7,10,12H2,1H3,(H2,28,37)(H2,29,38)(H,33,39). The summed E-state index contributed by atoms with van der Waals surface area (Å²) < 4.78 is 16.0. The summed E-state index contributed by atoms with van der Waals surface area (Å²) in [5, 5.41) is 13.8. The van der Waals surface area contributed by atoms with E-state index in [4.69, 9.17) is 11.5 Å². The van der Waals surface area contributed by atoms with E-state index in [1.165, 1.54) is 11.1 Å². The van der Waals surface area contributed by atoms with Gasteiger partial charge in [-0.3, -0.25) is 19.2 Å². The van der Waals surface area contributed by atoms with Gasteiger partial charge in [0, 0.05) is 29.1 Å². The normalized spacial score (nSPS) is 22.4. The van der Waals surface area contributed by atoms with Gasteiger partial charge >= 0.3 is 0 Å². The number of fused-ring (bicyclic) bond motifs is 1. The van der Waals surface area contributed by atoms with Crippen LogP contribution in [0, 0.1) is 5.92 Å². The molecule has 0 saturated carbocycles. The van der Waals surface area contributed by atoms with Gasteiger partial charge in [0.05, 0.1) is 30.4 Å². The third-order valence-corrected chi connectivity index (χ3v) is 7.16. The highest BCUT2D eigenvalue weighted by Gasteiger charge is 2.42. The molecule has 0 aliphatic carbocycles. The van der Waals surface area contributed by atoms with Crippen molar-refractivity contribution in [3.8, 4) is 11.1 Å². The Bertz CT molecular complexity index is 1500. The largest absolute Gasteiger partial charge is 0.370 e. The monoisotopic (exact) mass is 534 g/mol. The van der Waals surface area contributed by atoms with E-state index < -0.39 is 47.9 Å². The fourth-order valence-electron chi connectivity index (χ4n) is 5.24. The molecular weight excluding hydrogens is 507 g/mol. The molecule has 13 heteroatoms. The number of benzene rings is 1. The Morgan fingerprint density at radius 3 is 2.64 bits per heavy atom. The van der Waals surface area contributed by atoms with Crippen molar-refractivity contribution < 1.29 is 23.6 Å². The molecule has 1 saturated heterocycles. The molecule has 2 aliphatic rings. The van der Waals surface area contributed by atoms with E-state index >= 15 is 0 Å². The van der Waals surface area contributed by atoms with Crippen molar-refractivity contribution >= 4 is 34.5 Å². The molecule has 5 rings (SSSR count). The molecule has 4 heterocycles. The maximum Gasteiger partial charge on any atom is 0.250 e. The van der Waals surface area contributed by atoms with Gasteiger partial charge in [0.25, 0.3) is 5.91 Å². The van der Waals surface area contributed by atoms with Crippen LogP contribution in [0.15, 0.2) is 54.6 Å². The highest BCUT2D eigenvalue weighted by Crippen LogP contribution is 2.29. The van der Waals surface area contributed by atoms with Crippen LogP contribution in [0.2, 0.25) is 0 Å². The van der Waals surface area contributed by atoms with Crippen LogP contribution in [0.4, 0.5) is 4.39 Å². The van der Waals surface area contributed by atoms with Crippen molar-refractivity contribution in [1.82, 2.24) is 30.3 Å². The first-order valence-corrected chi connectivity index (χ1v) is 12.3. The number of alkyl halides is 1. The molecule has 39 heavy (non-hydrogen) atoms. The molecule has 4 atom stereocenters. The smallest absolute Gasteiger partial charge is 0.250 e. The van der Waals surface area contributed by atoms with E-state index in [1.807, 2.05) is 6.07 Å². The molecular formula is C26H27FN8O4. The van der Waals surface area contributed by atoms with Crippen molar-refractivity contribution in [2.75, 3.05) is 6.54 Å². The van der Waals surface area contributed by atoms with Crippen LogP contribution < -0.4 is 22.1 Å². The van der Waals surface area contributed by atoms with Gasteiger partial charge in [0.1, 0.15) is 24.9 Å². The maximum atomic E-state index is 14.5. The summed E-state index contributed by atoms with van der Waals surface area (Å²) in [5.74, 6) is -3.15. The molecule has 2 aromatic heterocycles. The molecule has 6 N–H and O–H groups in total. The number of amides is 4. The number of hydrogen-bond donors (Lipinski definition) is 4. The molecule has 4 unspecified atom stereocenters. The van der Waals surface area contributed by atoms with Crippen molar-refractivity contribution in [1.29, 1.82) is 0 Å². The number of rotatable bonds is 7. The molecule has 1 aromatic carbocycles. The second kappa shape index (κ2) is 10.2. The number of nitrogens with zero attached hydrogens (tertiary/aromatic N) is 4. The molecule has 12 nitrogen and oxygen atoms in total. The van der Waals surface area contributed by atoms with Crippen LogP contribution in [0.5, 0.6) is 0 Å². The number of nitrogens with two attached hydrogens (primary N) is 2. The first-order valence-electron chi connectivity index (χ1n) is 12.3. The van der Waals surface area contributed by atoms with Crippen molar-refractivity contribution in [3.63, 3.8) is 0 Å². The van der Waals surface area contributed by atoms with Gasteiger partial charge in [-0.2, -0.15) is 10.2 Å². The SMILES string of the molecule is CC1=CNC(NC(=O)C2CC(F)CN2C(=O)Cn2cc(C(N)=O)c3cc(-c4ccnnc4)ccc32)C1C(N)=O. The van der Waals surface area contributed by atoms with Crippen molar-refractivity contribution in [3.05, 3.63) is 60.2 Å². The van der Waals surface area contributed by atoms with E-state index in [9.17, 15) is 23.6 Å². The molecule has 0 bridgehead atoms. The number of hydrogen-bond acceptors (Lipinski definition) is 7. The lowest BCUT2D eigenvalue weighted by atomic mass is 10.00. The Morgan fingerprint density at radius 1 is 1.15 bits per heavy atom. The summed E-state index contributed by atoms with van der Waals surface area (Å²) in [5.41, 5.74) is 14.1. The fraction of sp³-hybridized carbons (Fsp3) is 0.308. The predicted molar refractivity (Wildman–Crippen MR) is 138 cm³/mol. The molecule has 2 aliphatic heterocycles. The average molecular weight is 535 g/mol. The highest BCUT2D eigenvalue weighted by molar-refractivity contribution is 6.07. The summed E-state index contributed by atoms with van der Waals surface area (Å²) in [4.78, 5) is 51.7. The minimum absolute atomic E-state index is 0.180. The average Bonchev–Trinajstić information content (AvgIpc) is 3.59. The topological polar surface area (TPSA) is 178 Å². The Balaban J connectivity index is 1.38. The van der Waals surface area contributed by atoms with Crippen LogP contribution in [0.25, 0.3) is 22.0 Å². The second-order valence-corrected chi connectivity index (χ2v) is 9.71. The van der Waals surface area contributed by atoms with Crippen LogP contribution in [0.3, 0.4) is 0 Å². The van der Waals surface area contributed by atoms with Crippen LogP contribution in [0.1, 0.15) is 23.7 Å². The summed E-state index contributed by atoms with van der Waals surface area (Å²) in [6.45, 7) is 1.20. The number of nitrogens with one attached hydrogen (secondary N) is 2. The van der Waals surface area contributed by atoms with Crippen LogP contribution in [-0.4, -0.2) is 68.2 Å². The van der Waals surface area contributed by atoms with Gasteiger partial charge in [-0.25, -0.2) is 4.39 Å². The Kier molecular flexibility index (Phi) is 6.73. The second-order valence-electron chi connectivity index (χ2n) is 9.71. The van der Waals surface area contributed by atoms with E-state index in [0.717, 1.165) is 11.1 Å². The predicted octanol–water partition coefficient (Wildman–Crippen LogP) is 0.187. The molecule has 0 spiro atoms. The molecule has 0 radical (unpaired) electrons. The Hall–Kier alpha value is -4.81. The van der Waals surface area contributed by atoms with Crippen LogP contribution in [-0.2, 0) is 20.9 Å². The van der Waals surface area contributed by atoms with Gasteiger partial charge in [-0.05, 0) is 42.5 Å². The van der Waals surface area contributed by atoms with Gasteiger partial charge in [-0.15, -0.1) is 0 Å². The van der Waals surface area contributed by atoms with E-state index in [0.29, 0.717) is 16.5 Å². The van der Waals surface area contributed by atoms with Crippen molar-refractivity contribution in [2.45, 2.75) is 38.3 Å². The number of primary amides is 2. The van der Waals surface area contributed by atoms with Gasteiger partial charge in [-0.1, -0.05) is 6.07 Å². The molecule has 202 valence electrons. The lowest BCUT2D eigenvalue weighted by Gasteiger charge is -2.27. The molecule has 4 amide bonds. The number of halogens is 1. The minimum atomic E-state index is -1.40. The molecule has 1 fully saturated rings. The summed E-state index contributed by atoms with van der Waals surface area (Å²) in [7, 11) is 0. The van der Waals surface area contributed by atoms with Gasteiger partial charge < -0.3 is 31.6 Å². The zero-order valence-corrected chi connectivity index (χ0v) is 21.0. The lowest BCUT2D eigenvalue weighted by molar-refractivity contribution is -0.139. The quantitative estimate of drug-likeness (QED) is 0.334. The minimum Gasteiger partial charge on any atom is -0.370 e. The third-order valence-electron chi connectivity index (χ3n) is 7.16. The summed E-state index contributed by atoms with van der Waals surface area (Å²) >= 11 is 0. The summed E-state index contributed by atoms with van der Waals surface area (Å²) in [6.07, 6.45) is 3.83. The first-order chi connectivity index (χ1) is 18.6. The van der Waals surface area contributed by atoms with Gasteiger partial charge in [0.2, 0.25) is 17.7 Å². The Morgan fingerprint density at radius 2 is 1.95 bits per heavy atom. The number of carbonyl (C=O) groups excluding carboxylic acids is 4. The summed E-state index contributed by atoms with van der Waals surface area (Å²) in [6, 6.07) is 6.04.